The van der Waals surface area contributed by atoms with E-state index >= 15 is 0 Å². The lowest BCUT2D eigenvalue weighted by atomic mass is 9.98. The highest BCUT2D eigenvalue weighted by Gasteiger charge is 2.27. The van der Waals surface area contributed by atoms with Gasteiger partial charge in [0.15, 0.2) is 0 Å². The molecule has 2 fully saturated rings. The predicted molar refractivity (Wildman–Crippen MR) is 61.8 cm³/mol. The molecule has 2 aliphatic rings. The van der Waals surface area contributed by atoms with Crippen LogP contribution in [0.1, 0.15) is 32.1 Å². The van der Waals surface area contributed by atoms with Crippen LogP contribution in [0.3, 0.4) is 0 Å². The van der Waals surface area contributed by atoms with Gasteiger partial charge in [-0.1, -0.05) is 0 Å². The summed E-state index contributed by atoms with van der Waals surface area (Å²) >= 11 is 0. The molecule has 0 spiro atoms. The van der Waals surface area contributed by atoms with Crippen molar-refractivity contribution >= 4 is 15.7 Å². The van der Waals surface area contributed by atoms with Crippen LogP contribution in [0.15, 0.2) is 0 Å². The molecular formula is C11H19NO3S. The summed E-state index contributed by atoms with van der Waals surface area (Å²) in [5, 5.41) is 0. The number of amides is 1. The van der Waals surface area contributed by atoms with Crippen molar-refractivity contribution in [2.45, 2.75) is 32.1 Å². The molecule has 0 saturated carbocycles. The Hall–Kier alpha value is -0.580. The molecule has 2 aliphatic heterocycles. The molecule has 92 valence electrons. The SMILES string of the molecule is O=C(CC1CCS(=O)(=O)CC1)N1CCCC1. The Morgan fingerprint density at radius 2 is 1.69 bits per heavy atom. The zero-order chi connectivity index (χ0) is 11.6. The minimum absolute atomic E-state index is 0.224. The minimum atomic E-state index is -2.80. The summed E-state index contributed by atoms with van der Waals surface area (Å²) in [7, 11) is -2.80. The first kappa shape index (κ1) is 11.9. The van der Waals surface area contributed by atoms with Gasteiger partial charge in [0.2, 0.25) is 5.91 Å². The van der Waals surface area contributed by atoms with Crippen LogP contribution < -0.4 is 0 Å². The zero-order valence-corrected chi connectivity index (χ0v) is 10.3. The third-order valence-corrected chi connectivity index (χ3v) is 5.31. The number of carbonyl (C=O) groups excluding carboxylic acids is 1. The summed E-state index contributed by atoms with van der Waals surface area (Å²) in [5.74, 6) is 1.05. The summed E-state index contributed by atoms with van der Waals surface area (Å²) in [5.41, 5.74) is 0. The number of carbonyl (C=O) groups is 1. The maximum atomic E-state index is 11.9. The Kier molecular flexibility index (Phi) is 3.52. The molecule has 0 aliphatic carbocycles. The van der Waals surface area contributed by atoms with Crippen molar-refractivity contribution in [3.8, 4) is 0 Å². The molecule has 0 N–H and O–H groups in total. The van der Waals surface area contributed by atoms with Crippen molar-refractivity contribution in [3.05, 3.63) is 0 Å². The van der Waals surface area contributed by atoms with Gasteiger partial charge in [0.1, 0.15) is 9.84 Å². The Labute approximate surface area is 96.9 Å². The summed E-state index contributed by atoms with van der Waals surface area (Å²) in [4.78, 5) is 13.8. The average Bonchev–Trinajstić information content (AvgIpc) is 2.74. The van der Waals surface area contributed by atoms with Crippen molar-refractivity contribution in [2.24, 2.45) is 5.92 Å². The highest BCUT2D eigenvalue weighted by Crippen LogP contribution is 2.23. The number of sulfone groups is 1. The van der Waals surface area contributed by atoms with E-state index in [1.807, 2.05) is 4.90 Å². The van der Waals surface area contributed by atoms with Crippen molar-refractivity contribution in [1.82, 2.24) is 4.90 Å². The molecule has 0 aromatic heterocycles. The topological polar surface area (TPSA) is 54.5 Å². The average molecular weight is 245 g/mol. The lowest BCUT2D eigenvalue weighted by molar-refractivity contribution is -0.131. The number of hydrogen-bond donors (Lipinski definition) is 0. The first-order valence-electron chi connectivity index (χ1n) is 6.05. The van der Waals surface area contributed by atoms with Gasteiger partial charge in [-0.3, -0.25) is 4.79 Å². The summed E-state index contributed by atoms with van der Waals surface area (Å²) in [6.45, 7) is 1.79. The summed E-state index contributed by atoms with van der Waals surface area (Å²) < 4.78 is 22.5. The Bertz CT molecular complexity index is 343. The molecule has 0 unspecified atom stereocenters. The molecule has 2 saturated heterocycles. The fourth-order valence-electron chi connectivity index (χ4n) is 2.49. The van der Waals surface area contributed by atoms with Crippen molar-refractivity contribution < 1.29 is 13.2 Å². The smallest absolute Gasteiger partial charge is 0.222 e. The second-order valence-corrected chi connectivity index (χ2v) is 7.19. The van der Waals surface area contributed by atoms with E-state index in [0.29, 0.717) is 19.3 Å². The van der Waals surface area contributed by atoms with Crippen molar-refractivity contribution in [2.75, 3.05) is 24.6 Å². The number of rotatable bonds is 2. The number of likely N-dealkylation sites (tertiary alicyclic amines) is 1. The molecule has 2 heterocycles. The van der Waals surface area contributed by atoms with Crippen LogP contribution in [0.2, 0.25) is 0 Å². The Morgan fingerprint density at radius 3 is 2.25 bits per heavy atom. The number of nitrogens with zero attached hydrogens (tertiary/aromatic N) is 1. The van der Waals surface area contributed by atoms with Crippen LogP contribution in [0.5, 0.6) is 0 Å². The van der Waals surface area contributed by atoms with Crippen LogP contribution in [-0.2, 0) is 14.6 Å². The fraction of sp³-hybridized carbons (Fsp3) is 0.909. The molecule has 2 rings (SSSR count). The lowest BCUT2D eigenvalue weighted by Gasteiger charge is -2.24. The van der Waals surface area contributed by atoms with E-state index in [-0.39, 0.29) is 23.3 Å². The second kappa shape index (κ2) is 4.73. The predicted octanol–water partition coefficient (Wildman–Crippen LogP) is 0.824. The van der Waals surface area contributed by atoms with E-state index < -0.39 is 9.84 Å². The molecule has 1 amide bonds. The first-order chi connectivity index (χ1) is 7.57. The van der Waals surface area contributed by atoms with Gasteiger partial charge < -0.3 is 4.90 Å². The van der Waals surface area contributed by atoms with Gasteiger partial charge in [0.05, 0.1) is 11.5 Å². The van der Waals surface area contributed by atoms with Crippen molar-refractivity contribution in [3.63, 3.8) is 0 Å². The molecule has 16 heavy (non-hydrogen) atoms. The molecule has 0 atom stereocenters. The third-order valence-electron chi connectivity index (χ3n) is 3.60. The molecule has 4 nitrogen and oxygen atoms in total. The highest BCUT2D eigenvalue weighted by atomic mass is 32.2. The second-order valence-electron chi connectivity index (χ2n) is 4.89. The summed E-state index contributed by atoms with van der Waals surface area (Å²) in [6.07, 6.45) is 4.12. The monoisotopic (exact) mass is 245 g/mol. The van der Waals surface area contributed by atoms with E-state index in [2.05, 4.69) is 0 Å². The molecule has 0 aromatic rings. The van der Waals surface area contributed by atoms with Crippen LogP contribution in [0.25, 0.3) is 0 Å². The Balaban J connectivity index is 1.80. The van der Waals surface area contributed by atoms with Gasteiger partial charge in [-0.15, -0.1) is 0 Å². The van der Waals surface area contributed by atoms with Crippen LogP contribution in [0, 0.1) is 5.92 Å². The minimum Gasteiger partial charge on any atom is -0.343 e. The Morgan fingerprint density at radius 1 is 1.12 bits per heavy atom. The van der Waals surface area contributed by atoms with E-state index in [0.717, 1.165) is 25.9 Å². The van der Waals surface area contributed by atoms with Gasteiger partial charge >= 0.3 is 0 Å². The largest absolute Gasteiger partial charge is 0.343 e. The number of hydrogen-bond acceptors (Lipinski definition) is 3. The van der Waals surface area contributed by atoms with Gasteiger partial charge in [0, 0.05) is 19.5 Å². The quantitative estimate of drug-likeness (QED) is 0.724. The maximum Gasteiger partial charge on any atom is 0.222 e. The van der Waals surface area contributed by atoms with Gasteiger partial charge in [-0.2, -0.15) is 0 Å². The third kappa shape index (κ3) is 2.97. The standard InChI is InChI=1S/C11H19NO3S/c13-11(12-5-1-2-6-12)9-10-3-7-16(14,15)8-4-10/h10H,1-9H2. The zero-order valence-electron chi connectivity index (χ0n) is 9.52. The van der Waals surface area contributed by atoms with E-state index in [1.165, 1.54) is 0 Å². The fourth-order valence-corrected chi connectivity index (χ4v) is 4.07. The van der Waals surface area contributed by atoms with Crippen LogP contribution >= 0.6 is 0 Å². The summed E-state index contributed by atoms with van der Waals surface area (Å²) in [6, 6.07) is 0. The molecule has 0 radical (unpaired) electrons. The van der Waals surface area contributed by atoms with E-state index in [1.54, 1.807) is 0 Å². The maximum absolute atomic E-state index is 11.9. The molecular weight excluding hydrogens is 226 g/mol. The van der Waals surface area contributed by atoms with Crippen LogP contribution in [0.4, 0.5) is 0 Å². The first-order valence-corrected chi connectivity index (χ1v) is 7.87. The molecule has 0 bridgehead atoms. The van der Waals surface area contributed by atoms with E-state index in [9.17, 15) is 13.2 Å². The van der Waals surface area contributed by atoms with E-state index in [4.69, 9.17) is 0 Å². The normalized spacial score (nSPS) is 25.9. The van der Waals surface area contributed by atoms with Gasteiger partial charge in [-0.25, -0.2) is 8.42 Å². The van der Waals surface area contributed by atoms with Crippen LogP contribution in [-0.4, -0.2) is 43.8 Å². The lowest BCUT2D eigenvalue weighted by Crippen LogP contribution is -2.32. The van der Waals surface area contributed by atoms with Gasteiger partial charge in [0.25, 0.3) is 0 Å². The molecule has 5 heteroatoms. The molecule has 0 aromatic carbocycles. The van der Waals surface area contributed by atoms with Gasteiger partial charge in [-0.05, 0) is 31.6 Å². The van der Waals surface area contributed by atoms with Crippen molar-refractivity contribution in [1.29, 1.82) is 0 Å². The highest BCUT2D eigenvalue weighted by molar-refractivity contribution is 7.91.